The van der Waals surface area contributed by atoms with Crippen molar-refractivity contribution in [1.29, 1.82) is 0 Å². The largest absolute Gasteiger partial charge is 0.497 e. The molecule has 1 aliphatic heterocycles. The number of fused-ring (bicyclic) bond motifs is 3. The highest BCUT2D eigenvalue weighted by molar-refractivity contribution is 5.90. The standard InChI is InChI=1S/C15H18N2O3.C2HF3O2/c1-17-12-5-4-9(19-2)8-11(12)10-6-7-16-13(14(10)17)15(18)20-3;3-2(4,5)1(6)7/h4-5,8,13,16H,6-7H2,1-3H3;(H,6,7). The van der Waals surface area contributed by atoms with Crippen LogP contribution in [-0.4, -0.2) is 48.6 Å². The molecule has 1 unspecified atom stereocenters. The summed E-state index contributed by atoms with van der Waals surface area (Å²) in [7, 11) is 5.07. The number of esters is 1. The molecule has 1 aromatic carbocycles. The second-order valence-electron chi connectivity index (χ2n) is 5.77. The van der Waals surface area contributed by atoms with Crippen LogP contribution in [0.5, 0.6) is 5.75 Å². The minimum Gasteiger partial charge on any atom is -0.497 e. The topological polar surface area (TPSA) is 89.8 Å². The predicted molar refractivity (Wildman–Crippen MR) is 89.6 cm³/mol. The number of hydrogen-bond donors (Lipinski definition) is 2. The molecule has 0 saturated heterocycles. The molecule has 0 bridgehead atoms. The van der Waals surface area contributed by atoms with Crippen LogP contribution in [0.4, 0.5) is 13.2 Å². The molecule has 3 rings (SSSR count). The number of hydrogen-bond acceptors (Lipinski definition) is 5. The van der Waals surface area contributed by atoms with Gasteiger partial charge in [0.2, 0.25) is 0 Å². The Morgan fingerprint density at radius 3 is 2.44 bits per heavy atom. The van der Waals surface area contributed by atoms with Gasteiger partial charge < -0.3 is 19.1 Å². The summed E-state index contributed by atoms with van der Waals surface area (Å²) in [5, 5.41) is 11.5. The van der Waals surface area contributed by atoms with Crippen LogP contribution in [0, 0.1) is 0 Å². The monoisotopic (exact) mass is 388 g/mol. The molecule has 0 radical (unpaired) electrons. The second kappa shape index (κ2) is 7.87. The van der Waals surface area contributed by atoms with Gasteiger partial charge in [-0.2, -0.15) is 13.2 Å². The fraction of sp³-hybridized carbons (Fsp3) is 0.412. The van der Waals surface area contributed by atoms with Crippen molar-refractivity contribution < 1.29 is 37.3 Å². The van der Waals surface area contributed by atoms with Crippen molar-refractivity contribution in [2.45, 2.75) is 18.6 Å². The number of carboxylic acid groups (broad SMARTS) is 1. The molecule has 0 spiro atoms. The van der Waals surface area contributed by atoms with Crippen molar-refractivity contribution >= 4 is 22.8 Å². The summed E-state index contributed by atoms with van der Waals surface area (Å²) in [5.41, 5.74) is 3.30. The molecule has 10 heteroatoms. The number of aromatic nitrogens is 1. The number of aryl methyl sites for hydroxylation is 1. The molecule has 2 aromatic rings. The van der Waals surface area contributed by atoms with Gasteiger partial charge in [-0.05, 0) is 30.2 Å². The van der Waals surface area contributed by atoms with Crippen molar-refractivity contribution in [3.05, 3.63) is 29.5 Å². The molecule has 1 aromatic heterocycles. The van der Waals surface area contributed by atoms with Gasteiger partial charge in [-0.3, -0.25) is 5.32 Å². The van der Waals surface area contributed by atoms with Gasteiger partial charge in [0.15, 0.2) is 0 Å². The highest BCUT2D eigenvalue weighted by Gasteiger charge is 2.38. The number of halogens is 3. The Bertz CT molecular complexity index is 860. The number of benzene rings is 1. The average molecular weight is 388 g/mol. The zero-order chi connectivity index (χ0) is 20.4. The van der Waals surface area contributed by atoms with E-state index in [1.165, 1.54) is 12.7 Å². The lowest BCUT2D eigenvalue weighted by Crippen LogP contribution is -2.36. The Morgan fingerprint density at radius 1 is 1.30 bits per heavy atom. The average Bonchev–Trinajstić information content (AvgIpc) is 2.93. The molecule has 2 heterocycles. The Labute approximate surface area is 152 Å². The lowest BCUT2D eigenvalue weighted by atomic mass is 9.99. The van der Waals surface area contributed by atoms with E-state index in [1.807, 2.05) is 25.2 Å². The summed E-state index contributed by atoms with van der Waals surface area (Å²) in [4.78, 5) is 20.9. The van der Waals surface area contributed by atoms with E-state index >= 15 is 0 Å². The van der Waals surface area contributed by atoms with Crippen molar-refractivity contribution in [2.24, 2.45) is 7.05 Å². The molecule has 1 atom stereocenters. The zero-order valence-corrected chi connectivity index (χ0v) is 14.9. The van der Waals surface area contributed by atoms with Crippen LogP contribution in [0.3, 0.4) is 0 Å². The van der Waals surface area contributed by atoms with Gasteiger partial charge in [0.1, 0.15) is 11.8 Å². The third-order valence-corrected chi connectivity index (χ3v) is 4.24. The van der Waals surface area contributed by atoms with E-state index in [9.17, 15) is 18.0 Å². The Morgan fingerprint density at radius 2 is 1.93 bits per heavy atom. The van der Waals surface area contributed by atoms with E-state index in [4.69, 9.17) is 19.4 Å². The number of ether oxygens (including phenoxy) is 2. The van der Waals surface area contributed by atoms with Gasteiger partial charge in [-0.15, -0.1) is 0 Å². The molecule has 2 N–H and O–H groups in total. The SMILES string of the molecule is COC(=O)C1NCCc2c1n(C)c1ccc(OC)cc21.O=C(O)C(F)(F)F. The maximum absolute atomic E-state index is 12.0. The Hall–Kier alpha value is -2.75. The number of aliphatic carboxylic acids is 1. The van der Waals surface area contributed by atoms with Gasteiger partial charge in [0, 0.05) is 24.5 Å². The van der Waals surface area contributed by atoms with E-state index in [-0.39, 0.29) is 5.97 Å². The van der Waals surface area contributed by atoms with Gasteiger partial charge in [-0.1, -0.05) is 0 Å². The number of carbonyl (C=O) groups is 2. The fourth-order valence-electron chi connectivity index (χ4n) is 3.03. The number of alkyl halides is 3. The molecule has 0 saturated carbocycles. The third kappa shape index (κ3) is 4.16. The number of rotatable bonds is 2. The number of methoxy groups -OCH3 is 2. The van der Waals surface area contributed by atoms with E-state index < -0.39 is 18.2 Å². The van der Waals surface area contributed by atoms with E-state index in [0.29, 0.717) is 0 Å². The number of nitrogens with zero attached hydrogens (tertiary/aromatic N) is 1. The molecular weight excluding hydrogens is 369 g/mol. The van der Waals surface area contributed by atoms with Gasteiger partial charge in [0.25, 0.3) is 0 Å². The number of nitrogens with one attached hydrogen (secondary N) is 1. The van der Waals surface area contributed by atoms with Crippen molar-refractivity contribution in [3.8, 4) is 5.75 Å². The summed E-state index contributed by atoms with van der Waals surface area (Å²) in [6, 6.07) is 5.61. The molecule has 148 valence electrons. The quantitative estimate of drug-likeness (QED) is 0.767. The summed E-state index contributed by atoms with van der Waals surface area (Å²) in [6.45, 7) is 0.767. The normalized spacial score (nSPS) is 16.1. The Balaban J connectivity index is 0.000000321. The summed E-state index contributed by atoms with van der Waals surface area (Å²) in [5.74, 6) is -2.17. The minimum absolute atomic E-state index is 0.246. The molecule has 7 nitrogen and oxygen atoms in total. The first-order chi connectivity index (χ1) is 12.6. The first-order valence-corrected chi connectivity index (χ1v) is 7.88. The van der Waals surface area contributed by atoms with Gasteiger partial charge in [-0.25, -0.2) is 9.59 Å². The maximum atomic E-state index is 12.0. The summed E-state index contributed by atoms with van der Waals surface area (Å²) >= 11 is 0. The summed E-state index contributed by atoms with van der Waals surface area (Å²) < 4.78 is 44.0. The van der Waals surface area contributed by atoms with Crippen LogP contribution >= 0.6 is 0 Å². The fourth-order valence-corrected chi connectivity index (χ4v) is 3.03. The van der Waals surface area contributed by atoms with Crippen LogP contribution in [0.1, 0.15) is 17.3 Å². The predicted octanol–water partition coefficient (Wildman–Crippen LogP) is 2.18. The van der Waals surface area contributed by atoms with Crippen LogP contribution in [0.2, 0.25) is 0 Å². The molecule has 0 aliphatic carbocycles. The lowest BCUT2D eigenvalue weighted by molar-refractivity contribution is -0.192. The molecule has 0 fully saturated rings. The molecule has 0 amide bonds. The maximum Gasteiger partial charge on any atom is 0.490 e. The third-order valence-electron chi connectivity index (χ3n) is 4.24. The number of carbonyl (C=O) groups excluding carboxylic acids is 1. The van der Waals surface area contributed by atoms with E-state index in [1.54, 1.807) is 7.11 Å². The smallest absolute Gasteiger partial charge is 0.490 e. The second-order valence-corrected chi connectivity index (χ2v) is 5.77. The molecule has 1 aliphatic rings. The summed E-state index contributed by atoms with van der Waals surface area (Å²) in [6.07, 6.45) is -4.19. The molecular formula is C17H19F3N2O5. The first kappa shape index (κ1) is 20.6. The lowest BCUT2D eigenvalue weighted by Gasteiger charge is -2.23. The first-order valence-electron chi connectivity index (χ1n) is 7.88. The highest BCUT2D eigenvalue weighted by Crippen LogP contribution is 2.34. The van der Waals surface area contributed by atoms with Crippen molar-refractivity contribution in [1.82, 2.24) is 9.88 Å². The Kier molecular flexibility index (Phi) is 5.99. The van der Waals surface area contributed by atoms with Crippen LogP contribution in [-0.2, 0) is 27.8 Å². The van der Waals surface area contributed by atoms with Crippen LogP contribution < -0.4 is 10.1 Å². The number of carboxylic acids is 1. The molecule has 27 heavy (non-hydrogen) atoms. The van der Waals surface area contributed by atoms with Gasteiger partial charge >= 0.3 is 18.1 Å². The van der Waals surface area contributed by atoms with Crippen molar-refractivity contribution in [2.75, 3.05) is 20.8 Å². The van der Waals surface area contributed by atoms with E-state index in [2.05, 4.69) is 9.88 Å². The van der Waals surface area contributed by atoms with Crippen molar-refractivity contribution in [3.63, 3.8) is 0 Å². The van der Waals surface area contributed by atoms with Crippen LogP contribution in [0.25, 0.3) is 10.9 Å². The van der Waals surface area contributed by atoms with E-state index in [0.717, 1.165) is 35.3 Å². The highest BCUT2D eigenvalue weighted by atomic mass is 19.4. The van der Waals surface area contributed by atoms with Crippen LogP contribution in [0.15, 0.2) is 18.2 Å². The minimum atomic E-state index is -5.08. The zero-order valence-electron chi connectivity index (χ0n) is 14.9. The van der Waals surface area contributed by atoms with Gasteiger partial charge in [0.05, 0.1) is 19.9 Å².